The minimum Gasteiger partial charge on any atom is -0.495 e. The van der Waals surface area contributed by atoms with E-state index in [1.54, 1.807) is 11.0 Å². The number of hydrogen-bond donors (Lipinski definition) is 2. The Kier molecular flexibility index (Phi) is 11.1. The van der Waals surface area contributed by atoms with E-state index in [0.29, 0.717) is 11.3 Å². The molecule has 0 radical (unpaired) electrons. The van der Waals surface area contributed by atoms with Gasteiger partial charge in [-0.1, -0.05) is 19.1 Å². The van der Waals surface area contributed by atoms with Gasteiger partial charge in [-0.05, 0) is 60.2 Å². The van der Waals surface area contributed by atoms with Gasteiger partial charge in [0.05, 0.1) is 60.9 Å². The molecule has 1 aliphatic heterocycles. The summed E-state index contributed by atoms with van der Waals surface area (Å²) in [7, 11) is -2.07. The topological polar surface area (TPSA) is 114 Å². The minimum absolute atomic E-state index is 0.0748. The molecule has 1 aliphatic rings. The molecule has 0 bridgehead atoms. The molecular weight excluding hydrogens is 639 g/mol. The van der Waals surface area contributed by atoms with Crippen molar-refractivity contribution in [1.82, 2.24) is 5.32 Å². The summed E-state index contributed by atoms with van der Waals surface area (Å²) < 4.78 is 105. The molecular formula is C31H33F5N2O7S. The van der Waals surface area contributed by atoms with Gasteiger partial charge in [-0.15, -0.1) is 0 Å². The summed E-state index contributed by atoms with van der Waals surface area (Å²) in [5, 5.41) is 12.6. The van der Waals surface area contributed by atoms with Crippen LogP contribution in [0.4, 0.5) is 27.6 Å². The molecule has 0 saturated carbocycles. The maximum atomic E-state index is 13.2. The fraction of sp³-hybridized carbons (Fsp3) is 0.387. The van der Waals surface area contributed by atoms with Crippen molar-refractivity contribution in [3.63, 3.8) is 0 Å². The first-order valence-electron chi connectivity index (χ1n) is 14.2. The number of anilines is 1. The van der Waals surface area contributed by atoms with E-state index in [1.807, 2.05) is 0 Å². The van der Waals surface area contributed by atoms with Gasteiger partial charge < -0.3 is 29.5 Å². The van der Waals surface area contributed by atoms with Crippen molar-refractivity contribution in [2.75, 3.05) is 37.5 Å². The third-order valence-corrected chi connectivity index (χ3v) is 9.29. The molecule has 3 aromatic carbocycles. The molecule has 0 spiro atoms. The van der Waals surface area contributed by atoms with Crippen molar-refractivity contribution >= 4 is 21.4 Å². The number of methoxy groups -OCH3 is 1. The number of carbonyl (C=O) groups excluding carboxylic acids is 1. The lowest BCUT2D eigenvalue weighted by molar-refractivity contribution is -0.137. The average Bonchev–Trinajstić information content (AvgIpc) is 3.44. The largest absolute Gasteiger partial charge is 0.495 e. The second-order valence-electron chi connectivity index (χ2n) is 10.5. The third kappa shape index (κ3) is 8.44. The van der Waals surface area contributed by atoms with Gasteiger partial charge in [0.25, 0.3) is 5.91 Å². The molecule has 1 unspecified atom stereocenters. The van der Waals surface area contributed by atoms with Gasteiger partial charge in [-0.25, -0.2) is 8.42 Å². The smallest absolute Gasteiger partial charge is 0.416 e. The molecule has 3 aromatic rings. The number of rotatable bonds is 13. The van der Waals surface area contributed by atoms with Gasteiger partial charge in [-0.2, -0.15) is 22.0 Å². The van der Waals surface area contributed by atoms with Crippen LogP contribution >= 0.6 is 0 Å². The van der Waals surface area contributed by atoms with E-state index in [-0.39, 0.29) is 47.3 Å². The van der Waals surface area contributed by atoms with Crippen molar-refractivity contribution in [2.45, 2.75) is 49.2 Å². The van der Waals surface area contributed by atoms with Crippen molar-refractivity contribution in [2.24, 2.45) is 0 Å². The van der Waals surface area contributed by atoms with Crippen LogP contribution in [0, 0.1) is 0 Å². The number of benzene rings is 3. The fourth-order valence-electron chi connectivity index (χ4n) is 5.12. The number of nitrogens with one attached hydrogen (secondary N) is 1. The van der Waals surface area contributed by atoms with Gasteiger partial charge in [-0.3, -0.25) is 4.79 Å². The number of nitrogens with zero attached hydrogens (tertiary/aromatic N) is 1. The highest BCUT2D eigenvalue weighted by Gasteiger charge is 2.36. The molecule has 1 saturated heterocycles. The van der Waals surface area contributed by atoms with E-state index < -0.39 is 58.9 Å². The number of alkyl halides is 5. The molecule has 1 heterocycles. The van der Waals surface area contributed by atoms with Crippen molar-refractivity contribution in [3.8, 4) is 11.5 Å². The van der Waals surface area contributed by atoms with Gasteiger partial charge in [0.1, 0.15) is 17.6 Å². The normalized spacial score (nSPS) is 17.6. The predicted octanol–water partition coefficient (Wildman–Crippen LogP) is 5.24. The summed E-state index contributed by atoms with van der Waals surface area (Å²) in [5.41, 5.74) is 0.233. The second-order valence-corrected chi connectivity index (χ2v) is 12.7. The van der Waals surface area contributed by atoms with Gasteiger partial charge in [0.2, 0.25) is 0 Å². The molecule has 1 amide bonds. The first-order valence-corrected chi connectivity index (χ1v) is 15.8. The summed E-state index contributed by atoms with van der Waals surface area (Å²) in [4.78, 5) is 15.0. The zero-order valence-electron chi connectivity index (χ0n) is 24.8. The van der Waals surface area contributed by atoms with E-state index in [1.165, 1.54) is 62.6 Å². The monoisotopic (exact) mass is 672 g/mol. The number of aliphatic hydroxyl groups is 1. The molecule has 15 heteroatoms. The summed E-state index contributed by atoms with van der Waals surface area (Å²) in [6, 6.07) is 13.0. The number of hydrogen-bond acceptors (Lipinski definition) is 8. The van der Waals surface area contributed by atoms with Crippen LogP contribution in [0.15, 0.2) is 71.6 Å². The molecule has 3 atom stereocenters. The predicted molar refractivity (Wildman–Crippen MR) is 158 cm³/mol. The van der Waals surface area contributed by atoms with Crippen molar-refractivity contribution in [1.29, 1.82) is 0 Å². The lowest BCUT2D eigenvalue weighted by Crippen LogP contribution is -2.34. The Bertz CT molecular complexity index is 1590. The zero-order chi connectivity index (χ0) is 33.6. The number of ether oxygens (including phenoxy) is 3. The second kappa shape index (κ2) is 14.6. The summed E-state index contributed by atoms with van der Waals surface area (Å²) >= 11 is 0. The molecule has 0 aromatic heterocycles. The van der Waals surface area contributed by atoms with Crippen LogP contribution in [0.1, 0.15) is 40.9 Å². The van der Waals surface area contributed by atoms with Crippen LogP contribution in [-0.2, 0) is 20.8 Å². The molecule has 2 N–H and O–H groups in total. The molecule has 250 valence electrons. The van der Waals surface area contributed by atoms with E-state index in [2.05, 4.69) is 10.1 Å². The zero-order valence-corrected chi connectivity index (χ0v) is 25.7. The maximum Gasteiger partial charge on any atom is 0.416 e. The summed E-state index contributed by atoms with van der Waals surface area (Å²) in [6.45, 7) is -2.21. The van der Waals surface area contributed by atoms with Crippen LogP contribution in [0.25, 0.3) is 0 Å². The Morgan fingerprint density at radius 1 is 1.07 bits per heavy atom. The number of sulfone groups is 1. The fourth-order valence-corrected chi connectivity index (χ4v) is 6.00. The average molecular weight is 673 g/mol. The Balaban J connectivity index is 1.51. The maximum absolute atomic E-state index is 13.2. The first-order chi connectivity index (χ1) is 21.7. The van der Waals surface area contributed by atoms with E-state index in [4.69, 9.17) is 9.47 Å². The third-order valence-electron chi connectivity index (χ3n) is 7.54. The highest BCUT2D eigenvalue weighted by atomic mass is 32.2. The van der Waals surface area contributed by atoms with E-state index in [9.17, 15) is 40.3 Å². The minimum atomic E-state index is -4.51. The molecule has 0 aliphatic carbocycles. The van der Waals surface area contributed by atoms with Crippen molar-refractivity contribution < 1.29 is 54.5 Å². The van der Waals surface area contributed by atoms with Gasteiger partial charge in [0.15, 0.2) is 9.84 Å². The first kappa shape index (κ1) is 34.9. The number of amides is 1. The summed E-state index contributed by atoms with van der Waals surface area (Å²) in [6.07, 6.45) is -4.90. The SMILES string of the molecule is CCS(=O)(=O)c1ccc(C(CO)NC(=O)c2ccc(N3C[C@@H](Oc4ccc(C(F)(F)F)cc4)C[C@H]3COC(F)F)c(OC)c2)cc1. The number of halogens is 5. The van der Waals surface area contributed by atoms with Gasteiger partial charge >= 0.3 is 12.8 Å². The highest BCUT2D eigenvalue weighted by Crippen LogP contribution is 2.37. The molecule has 46 heavy (non-hydrogen) atoms. The quantitative estimate of drug-likeness (QED) is 0.237. The van der Waals surface area contributed by atoms with Crippen LogP contribution in [0.3, 0.4) is 0 Å². The standard InChI is InChI=1S/C31H33F5N2O7S/c1-3-46(41,42)25-11-4-19(5-12-25)26(17-39)37-29(40)20-6-13-27(28(14-20)43-2)38-16-24(15-22(38)18-44-30(32)33)45-23-9-7-21(8-10-23)31(34,35)36/h4-14,22,24,26,30,39H,3,15-18H2,1-2H3,(H,37,40)/t22-,24-,26?/m0/s1. The summed E-state index contributed by atoms with van der Waals surface area (Å²) in [5.74, 6) is -0.252. The molecule has 4 rings (SSSR count). The van der Waals surface area contributed by atoms with Crippen molar-refractivity contribution in [3.05, 3.63) is 83.4 Å². The Morgan fingerprint density at radius 2 is 1.74 bits per heavy atom. The Hall–Kier alpha value is -3.95. The van der Waals surface area contributed by atoms with Crippen LogP contribution < -0.4 is 19.7 Å². The van der Waals surface area contributed by atoms with E-state index >= 15 is 0 Å². The lowest BCUT2D eigenvalue weighted by atomic mass is 10.1. The lowest BCUT2D eigenvalue weighted by Gasteiger charge is -2.28. The number of carbonyl (C=O) groups is 1. The van der Waals surface area contributed by atoms with Crippen LogP contribution in [-0.4, -0.2) is 70.8 Å². The van der Waals surface area contributed by atoms with Crippen LogP contribution in [0.5, 0.6) is 11.5 Å². The Morgan fingerprint density at radius 3 is 2.30 bits per heavy atom. The highest BCUT2D eigenvalue weighted by molar-refractivity contribution is 7.91. The molecule has 1 fully saturated rings. The Labute approximate surface area is 262 Å². The number of aliphatic hydroxyl groups excluding tert-OH is 1. The van der Waals surface area contributed by atoms with Crippen LogP contribution in [0.2, 0.25) is 0 Å². The van der Waals surface area contributed by atoms with E-state index in [0.717, 1.165) is 12.1 Å². The molecule has 9 nitrogen and oxygen atoms in total. The van der Waals surface area contributed by atoms with Gasteiger partial charge in [0, 0.05) is 12.0 Å².